The van der Waals surface area contributed by atoms with Gasteiger partial charge in [0.05, 0.1) is 0 Å². The number of carbonyl (C=O) groups is 1. The molecule has 30 heavy (non-hydrogen) atoms. The molecule has 1 aliphatic carbocycles. The Morgan fingerprint density at radius 3 is 2.23 bits per heavy atom. The quantitative estimate of drug-likeness (QED) is 0.328. The summed E-state index contributed by atoms with van der Waals surface area (Å²) in [6, 6.07) is 20.5. The number of halogens is 2. The third-order valence-corrected chi connectivity index (χ3v) is 50.1. The van der Waals surface area contributed by atoms with Crippen molar-refractivity contribution in [2.75, 3.05) is 0 Å². The van der Waals surface area contributed by atoms with Gasteiger partial charge in [0.25, 0.3) is 0 Å². The van der Waals surface area contributed by atoms with Gasteiger partial charge in [-0.3, -0.25) is 0 Å². The van der Waals surface area contributed by atoms with Crippen LogP contribution in [0.25, 0.3) is 11.1 Å². The second-order valence-corrected chi connectivity index (χ2v) is 48.4. The van der Waals surface area contributed by atoms with Crippen molar-refractivity contribution in [1.29, 1.82) is 0 Å². The first-order valence-electron chi connectivity index (χ1n) is 10.3. The molecule has 0 saturated heterocycles. The van der Waals surface area contributed by atoms with E-state index in [1.807, 2.05) is 32.0 Å². The zero-order valence-corrected chi connectivity index (χ0v) is 22.8. The molecule has 0 aromatic heterocycles. The molecule has 0 fully saturated rings. The average Bonchev–Trinajstić information content (AvgIpc) is 3.05. The average molecular weight is 535 g/mol. The van der Waals surface area contributed by atoms with Crippen LogP contribution in [0, 0.1) is 13.8 Å². The monoisotopic (exact) mass is 532 g/mol. The van der Waals surface area contributed by atoms with Crippen LogP contribution in [-0.2, 0) is 22.3 Å². The molecule has 0 spiro atoms. The summed E-state index contributed by atoms with van der Waals surface area (Å²) in [4.78, 5) is 13.4. The van der Waals surface area contributed by atoms with Gasteiger partial charge in [-0.1, -0.05) is 0 Å². The topological polar surface area (TPSA) is 29.1 Å². The first kappa shape index (κ1) is 22.0. The molecule has 0 atom stereocenters. The number of hydrogen-bond donors (Lipinski definition) is 1. The summed E-state index contributed by atoms with van der Waals surface area (Å²) >= 11 is -4.82. The third kappa shape index (κ3) is 3.66. The van der Waals surface area contributed by atoms with E-state index in [9.17, 15) is 4.79 Å². The van der Waals surface area contributed by atoms with Crippen molar-refractivity contribution in [1.82, 2.24) is 3.26 Å². The van der Waals surface area contributed by atoms with Crippen LogP contribution in [0.5, 0.6) is 0 Å². The van der Waals surface area contributed by atoms with E-state index >= 15 is 0 Å². The van der Waals surface area contributed by atoms with Gasteiger partial charge in [-0.25, -0.2) is 0 Å². The van der Waals surface area contributed by atoms with E-state index in [1.165, 1.54) is 22.3 Å². The Morgan fingerprint density at radius 1 is 0.933 bits per heavy atom. The molecular weight excluding hydrogens is 508 g/mol. The Labute approximate surface area is 187 Å². The van der Waals surface area contributed by atoms with Crippen LogP contribution in [0.3, 0.4) is 0 Å². The molecule has 6 heteroatoms. The summed E-state index contributed by atoms with van der Waals surface area (Å²) in [5.74, 6) is -1.83. The normalized spacial score (nSPS) is 14.0. The molecule has 155 valence electrons. The van der Waals surface area contributed by atoms with Crippen LogP contribution in [-0.4, -0.2) is 11.8 Å². The van der Waals surface area contributed by atoms with Crippen LogP contribution in [0.2, 0.25) is 13.1 Å². The Balaban J connectivity index is 1.83. The molecular formula is C24H26Cl2NOSiZr. The molecule has 0 bridgehead atoms. The van der Waals surface area contributed by atoms with Crippen molar-refractivity contribution in [3.05, 3.63) is 88.5 Å². The van der Waals surface area contributed by atoms with Crippen molar-refractivity contribution >= 4 is 32.1 Å². The van der Waals surface area contributed by atoms with Gasteiger partial charge >= 0.3 is 189 Å². The molecule has 2 nitrogen and oxygen atoms in total. The maximum absolute atomic E-state index is 13.4. The zero-order chi connectivity index (χ0) is 21.7. The predicted octanol–water partition coefficient (Wildman–Crippen LogP) is 5.83. The summed E-state index contributed by atoms with van der Waals surface area (Å²) < 4.78 is 4.28. The molecule has 0 unspecified atom stereocenters. The number of hydrogen-bond acceptors (Lipinski definition) is 1. The van der Waals surface area contributed by atoms with Crippen LogP contribution in [0.4, 0.5) is 0 Å². The number of aryl methyl sites for hydroxylation is 2. The number of nitrogens with one attached hydrogen (secondary N) is 1. The zero-order valence-electron chi connectivity index (χ0n) is 17.7. The van der Waals surface area contributed by atoms with Crippen molar-refractivity contribution < 1.29 is 20.6 Å². The van der Waals surface area contributed by atoms with Gasteiger partial charge in [0.15, 0.2) is 0 Å². The van der Waals surface area contributed by atoms with Crippen LogP contribution in [0.1, 0.15) is 32.6 Å². The first-order valence-corrected chi connectivity index (χ1v) is 26.2. The summed E-state index contributed by atoms with van der Waals surface area (Å²) in [6.45, 7) is 8.31. The fourth-order valence-corrected chi connectivity index (χ4v) is 22.2. The Kier molecular flexibility index (Phi) is 5.68. The maximum atomic E-state index is 13.4. The Hall–Kier alpha value is -1.19. The summed E-state index contributed by atoms with van der Waals surface area (Å²) in [5.41, 5.74) is 7.65. The number of benzene rings is 3. The van der Waals surface area contributed by atoms with Gasteiger partial charge in [-0.05, 0) is 0 Å². The molecule has 1 aliphatic rings. The van der Waals surface area contributed by atoms with Gasteiger partial charge in [-0.2, -0.15) is 0 Å². The van der Waals surface area contributed by atoms with Crippen LogP contribution >= 0.6 is 17.0 Å². The van der Waals surface area contributed by atoms with Crippen molar-refractivity contribution in [3.63, 3.8) is 0 Å². The third-order valence-electron chi connectivity index (χ3n) is 6.18. The van der Waals surface area contributed by atoms with E-state index in [-0.39, 0.29) is 5.91 Å². The number of amides is 1. The van der Waals surface area contributed by atoms with E-state index in [2.05, 4.69) is 58.8 Å². The van der Waals surface area contributed by atoms with E-state index in [0.29, 0.717) is 5.56 Å². The van der Waals surface area contributed by atoms with Gasteiger partial charge in [0.2, 0.25) is 0 Å². The first-order chi connectivity index (χ1) is 14.1. The minimum absolute atomic E-state index is 0.160. The Bertz CT molecular complexity index is 1160. The molecule has 0 radical (unpaired) electrons. The second kappa shape index (κ2) is 7.74. The molecule has 0 heterocycles. The van der Waals surface area contributed by atoms with Gasteiger partial charge in [0.1, 0.15) is 0 Å². The predicted molar refractivity (Wildman–Crippen MR) is 128 cm³/mol. The fraction of sp³-hybridized carbons (Fsp3) is 0.208. The van der Waals surface area contributed by atoms with Gasteiger partial charge < -0.3 is 0 Å². The van der Waals surface area contributed by atoms with Crippen molar-refractivity contribution in [2.45, 2.75) is 33.4 Å². The van der Waals surface area contributed by atoms with Crippen LogP contribution < -0.4 is 6.53 Å². The van der Waals surface area contributed by atoms with Crippen LogP contribution in [0.15, 0.2) is 60.7 Å². The number of fused-ring (bicyclic) bond motifs is 3. The standard InChI is InChI=1S/C13H9.C9H11NO.C2H7Si.2ClH.Zr/c1-3-7-12-10(5-1)9-11-6-2-4-8-13(11)12;1-6-3-7(2)5-8(4-6)9(10)11;1-3-2;;;/h1-5,7-8H,9H2;3-5H,1-2H3,(H2,10,11);3H,1-2H3;2*1H;/q;;;;;+3/p-3. The summed E-state index contributed by atoms with van der Waals surface area (Å²) in [5, 5.41) is 0. The molecule has 3 aromatic carbocycles. The van der Waals surface area contributed by atoms with Gasteiger partial charge in [0, 0.05) is 0 Å². The van der Waals surface area contributed by atoms with Crippen molar-refractivity contribution in [2.24, 2.45) is 0 Å². The van der Waals surface area contributed by atoms with Gasteiger partial charge in [-0.15, -0.1) is 0 Å². The number of carbonyl (C=O) groups excluding carboxylic acids is 1. The molecule has 4 rings (SSSR count). The second-order valence-electron chi connectivity index (χ2n) is 8.73. The van der Waals surface area contributed by atoms with E-state index < -0.39 is 21.8 Å². The summed E-state index contributed by atoms with van der Waals surface area (Å²) in [7, 11) is 15.0. The molecule has 1 amide bonds. The Morgan fingerprint density at radius 2 is 1.57 bits per heavy atom. The van der Waals surface area contributed by atoms with Crippen molar-refractivity contribution in [3.8, 4) is 11.1 Å². The molecule has 1 N–H and O–H groups in total. The number of rotatable bonds is 4. The molecule has 0 saturated carbocycles. The summed E-state index contributed by atoms with van der Waals surface area (Å²) in [6.07, 6.45) is 0.811. The molecule has 3 aromatic rings. The minimum atomic E-state index is -4.82. The van der Waals surface area contributed by atoms with E-state index in [4.69, 9.17) is 17.0 Å². The SMILES string of the molecule is Cc1cc(C)cc(C(=O)[NH][Zr]([Cl])([Cl])([c]2cccc3c2Cc2ccccc2-3)[SiH](C)C)c1. The van der Waals surface area contributed by atoms with E-state index in [1.54, 1.807) is 0 Å². The fourth-order valence-electron chi connectivity index (χ4n) is 4.50. The van der Waals surface area contributed by atoms with E-state index in [0.717, 1.165) is 20.8 Å². The molecule has 0 aliphatic heterocycles.